The van der Waals surface area contributed by atoms with Crippen molar-refractivity contribution in [3.63, 3.8) is 0 Å². The van der Waals surface area contributed by atoms with Crippen molar-refractivity contribution >= 4 is 17.6 Å². The third kappa shape index (κ3) is 3.71. The Bertz CT molecular complexity index is 484. The minimum absolute atomic E-state index is 0.210. The minimum atomic E-state index is -0.983. The molecule has 5 heteroatoms. The maximum Gasteiger partial charge on any atom is 0.335 e. The summed E-state index contributed by atoms with van der Waals surface area (Å²) in [4.78, 5) is 23.8. The lowest BCUT2D eigenvalue weighted by atomic mass is 10.1. The van der Waals surface area contributed by atoms with E-state index in [-0.39, 0.29) is 5.56 Å². The smallest absolute Gasteiger partial charge is 0.335 e. The van der Waals surface area contributed by atoms with Gasteiger partial charge in [-0.25, -0.2) is 4.79 Å². The zero-order valence-electron chi connectivity index (χ0n) is 11.4. The number of hydrogen-bond acceptors (Lipinski definition) is 3. The van der Waals surface area contributed by atoms with Crippen LogP contribution >= 0.6 is 0 Å². The largest absolute Gasteiger partial charge is 0.481 e. The molecule has 0 saturated carbocycles. The Morgan fingerprint density at radius 3 is 2.42 bits per heavy atom. The number of carbonyl (C=O) groups is 2. The van der Waals surface area contributed by atoms with Crippen LogP contribution in [-0.2, 0) is 4.79 Å². The first kappa shape index (κ1) is 15.0. The molecule has 1 unspecified atom stereocenters. The summed E-state index contributed by atoms with van der Waals surface area (Å²) in [6, 6.07) is 4.89. The van der Waals surface area contributed by atoms with Gasteiger partial charge >= 0.3 is 11.9 Å². The van der Waals surface area contributed by atoms with Gasteiger partial charge in [-0.2, -0.15) is 0 Å². The van der Waals surface area contributed by atoms with Gasteiger partial charge in [0.25, 0.3) is 0 Å². The van der Waals surface area contributed by atoms with Crippen LogP contribution < -0.4 is 4.90 Å². The van der Waals surface area contributed by atoms with E-state index >= 15 is 0 Å². The van der Waals surface area contributed by atoms with E-state index in [1.165, 1.54) is 0 Å². The van der Waals surface area contributed by atoms with Crippen LogP contribution in [0.2, 0.25) is 0 Å². The van der Waals surface area contributed by atoms with E-state index in [2.05, 4.69) is 0 Å². The minimum Gasteiger partial charge on any atom is -0.481 e. The van der Waals surface area contributed by atoms with Crippen molar-refractivity contribution < 1.29 is 19.8 Å². The highest BCUT2D eigenvalue weighted by Crippen LogP contribution is 2.22. The van der Waals surface area contributed by atoms with Crippen LogP contribution in [0.5, 0.6) is 0 Å². The van der Waals surface area contributed by atoms with Crippen molar-refractivity contribution in [2.45, 2.75) is 20.8 Å². The number of aryl methyl sites for hydroxylation is 1. The number of carboxylic acids is 2. The standard InChI is InChI=1S/C14H19NO4/c1-4-15(8-10(3)13(16)17)12-7-11(14(18)19)6-5-9(12)2/h5-7,10H,4,8H2,1-3H3,(H,16,17)(H,18,19). The van der Waals surface area contributed by atoms with Gasteiger partial charge in [-0.15, -0.1) is 0 Å². The summed E-state index contributed by atoms with van der Waals surface area (Å²) in [7, 11) is 0. The third-order valence-corrected chi connectivity index (χ3v) is 3.09. The van der Waals surface area contributed by atoms with E-state index in [9.17, 15) is 9.59 Å². The molecule has 0 spiro atoms. The average Bonchev–Trinajstić information content (AvgIpc) is 2.36. The summed E-state index contributed by atoms with van der Waals surface area (Å²) in [5.41, 5.74) is 1.92. The fourth-order valence-electron chi connectivity index (χ4n) is 1.89. The molecule has 0 aliphatic rings. The molecule has 19 heavy (non-hydrogen) atoms. The molecule has 1 rings (SSSR count). The Balaban J connectivity index is 3.06. The van der Waals surface area contributed by atoms with E-state index in [4.69, 9.17) is 10.2 Å². The molecule has 0 radical (unpaired) electrons. The summed E-state index contributed by atoms with van der Waals surface area (Å²) in [5.74, 6) is -2.35. The van der Waals surface area contributed by atoms with Gasteiger partial charge in [-0.1, -0.05) is 13.0 Å². The molecule has 104 valence electrons. The molecule has 0 aliphatic heterocycles. The highest BCUT2D eigenvalue weighted by molar-refractivity contribution is 5.89. The summed E-state index contributed by atoms with van der Waals surface area (Å²) in [6.07, 6.45) is 0. The van der Waals surface area contributed by atoms with Gasteiger partial charge in [0.2, 0.25) is 0 Å². The first-order valence-electron chi connectivity index (χ1n) is 6.18. The number of hydrogen-bond donors (Lipinski definition) is 2. The molecule has 0 amide bonds. The lowest BCUT2D eigenvalue weighted by molar-refractivity contribution is -0.140. The Kier molecular flexibility index (Phi) is 4.92. The van der Waals surface area contributed by atoms with Gasteiger partial charge in [0.1, 0.15) is 0 Å². The average molecular weight is 265 g/mol. The van der Waals surface area contributed by atoms with Crippen LogP contribution in [0.3, 0.4) is 0 Å². The number of carboxylic acid groups (broad SMARTS) is 2. The van der Waals surface area contributed by atoms with E-state index < -0.39 is 17.9 Å². The monoisotopic (exact) mass is 265 g/mol. The predicted molar refractivity (Wildman–Crippen MR) is 72.8 cm³/mol. The predicted octanol–water partition coefficient (Wildman–Crippen LogP) is 2.24. The molecule has 0 saturated heterocycles. The Hall–Kier alpha value is -2.04. The van der Waals surface area contributed by atoms with E-state index in [1.807, 2.05) is 18.7 Å². The Labute approximate surface area is 112 Å². The summed E-state index contributed by atoms with van der Waals surface area (Å²) in [6.45, 7) is 6.43. The second kappa shape index (κ2) is 6.22. The zero-order valence-corrected chi connectivity index (χ0v) is 11.4. The summed E-state index contributed by atoms with van der Waals surface area (Å²) in [5, 5.41) is 18.0. The Morgan fingerprint density at radius 2 is 1.95 bits per heavy atom. The number of anilines is 1. The number of benzene rings is 1. The van der Waals surface area contributed by atoms with E-state index in [0.29, 0.717) is 13.1 Å². The second-order valence-corrected chi connectivity index (χ2v) is 4.58. The number of rotatable bonds is 6. The van der Waals surface area contributed by atoms with Gasteiger partial charge < -0.3 is 15.1 Å². The number of nitrogens with zero attached hydrogens (tertiary/aromatic N) is 1. The molecule has 0 aliphatic carbocycles. The molecule has 1 aromatic carbocycles. The van der Waals surface area contributed by atoms with Crippen LogP contribution in [0, 0.1) is 12.8 Å². The van der Waals surface area contributed by atoms with Crippen molar-refractivity contribution in [3.8, 4) is 0 Å². The van der Waals surface area contributed by atoms with Crippen LogP contribution in [0.15, 0.2) is 18.2 Å². The van der Waals surface area contributed by atoms with Crippen LogP contribution in [0.1, 0.15) is 29.8 Å². The number of aliphatic carboxylic acids is 1. The van der Waals surface area contributed by atoms with Gasteiger partial charge in [0, 0.05) is 18.8 Å². The van der Waals surface area contributed by atoms with Gasteiger partial charge in [0.15, 0.2) is 0 Å². The lowest BCUT2D eigenvalue weighted by Crippen LogP contribution is -2.32. The van der Waals surface area contributed by atoms with Crippen molar-refractivity contribution in [1.29, 1.82) is 0 Å². The maximum atomic E-state index is 11.0. The number of aromatic carboxylic acids is 1. The molecular weight excluding hydrogens is 246 g/mol. The highest BCUT2D eigenvalue weighted by atomic mass is 16.4. The zero-order chi connectivity index (χ0) is 14.6. The van der Waals surface area contributed by atoms with Crippen molar-refractivity contribution in [1.82, 2.24) is 0 Å². The lowest BCUT2D eigenvalue weighted by Gasteiger charge is -2.27. The van der Waals surface area contributed by atoms with Crippen molar-refractivity contribution in [2.24, 2.45) is 5.92 Å². The van der Waals surface area contributed by atoms with Crippen LogP contribution in [0.25, 0.3) is 0 Å². The molecule has 0 bridgehead atoms. The summed E-state index contributed by atoms with van der Waals surface area (Å²) < 4.78 is 0. The molecule has 0 fully saturated rings. The van der Waals surface area contributed by atoms with Crippen molar-refractivity contribution in [3.05, 3.63) is 29.3 Å². The quantitative estimate of drug-likeness (QED) is 0.824. The van der Waals surface area contributed by atoms with Gasteiger partial charge in [-0.05, 0) is 31.5 Å². The fourth-order valence-corrected chi connectivity index (χ4v) is 1.89. The molecule has 5 nitrogen and oxygen atoms in total. The SMILES string of the molecule is CCN(CC(C)C(=O)O)c1cc(C(=O)O)ccc1C. The molecule has 1 aromatic rings. The highest BCUT2D eigenvalue weighted by Gasteiger charge is 2.17. The fraction of sp³-hybridized carbons (Fsp3) is 0.429. The summed E-state index contributed by atoms with van der Waals surface area (Å²) >= 11 is 0. The second-order valence-electron chi connectivity index (χ2n) is 4.58. The van der Waals surface area contributed by atoms with E-state index in [1.54, 1.807) is 25.1 Å². The van der Waals surface area contributed by atoms with Crippen LogP contribution in [0.4, 0.5) is 5.69 Å². The Morgan fingerprint density at radius 1 is 1.32 bits per heavy atom. The maximum absolute atomic E-state index is 11.0. The first-order chi connectivity index (χ1) is 8.86. The first-order valence-corrected chi connectivity index (χ1v) is 6.18. The molecule has 0 heterocycles. The molecule has 1 atom stereocenters. The molecular formula is C14H19NO4. The van der Waals surface area contributed by atoms with Crippen molar-refractivity contribution in [2.75, 3.05) is 18.0 Å². The van der Waals surface area contributed by atoms with Crippen LogP contribution in [-0.4, -0.2) is 35.2 Å². The normalized spacial score (nSPS) is 11.9. The van der Waals surface area contributed by atoms with Gasteiger partial charge in [0.05, 0.1) is 11.5 Å². The topological polar surface area (TPSA) is 77.8 Å². The van der Waals surface area contributed by atoms with E-state index in [0.717, 1.165) is 11.3 Å². The molecule has 0 aromatic heterocycles. The molecule has 2 N–H and O–H groups in total. The van der Waals surface area contributed by atoms with Gasteiger partial charge in [-0.3, -0.25) is 4.79 Å². The third-order valence-electron chi connectivity index (χ3n) is 3.09.